The van der Waals surface area contributed by atoms with Gasteiger partial charge in [-0.25, -0.2) is 4.79 Å². The van der Waals surface area contributed by atoms with Crippen molar-refractivity contribution in [3.8, 4) is 5.75 Å². The van der Waals surface area contributed by atoms with E-state index in [2.05, 4.69) is 5.32 Å². The van der Waals surface area contributed by atoms with Crippen LogP contribution in [-0.4, -0.2) is 54.0 Å². The molecule has 0 radical (unpaired) electrons. The number of amides is 2. The molecule has 7 heteroatoms. The van der Waals surface area contributed by atoms with Crippen LogP contribution in [0.3, 0.4) is 0 Å². The SMILES string of the molecule is COc1ccccc1C(=O)N1CC(=O)NCC1C(=O)O. The van der Waals surface area contributed by atoms with Crippen LogP contribution in [0, 0.1) is 0 Å². The summed E-state index contributed by atoms with van der Waals surface area (Å²) in [4.78, 5) is 36.1. The quantitative estimate of drug-likeness (QED) is 0.792. The third kappa shape index (κ3) is 2.56. The molecule has 7 nitrogen and oxygen atoms in total. The fourth-order valence-corrected chi connectivity index (χ4v) is 2.05. The summed E-state index contributed by atoms with van der Waals surface area (Å²) in [5, 5.41) is 11.6. The average molecular weight is 278 g/mol. The molecule has 1 aliphatic heterocycles. The Labute approximate surface area is 115 Å². The monoisotopic (exact) mass is 278 g/mol. The van der Waals surface area contributed by atoms with Gasteiger partial charge in [-0.05, 0) is 12.1 Å². The smallest absolute Gasteiger partial charge is 0.328 e. The van der Waals surface area contributed by atoms with Gasteiger partial charge in [0.05, 0.1) is 12.7 Å². The summed E-state index contributed by atoms with van der Waals surface area (Å²) in [6.07, 6.45) is 0. The van der Waals surface area contributed by atoms with Crippen LogP contribution in [0.1, 0.15) is 10.4 Å². The highest BCUT2D eigenvalue weighted by Crippen LogP contribution is 2.21. The molecule has 1 aromatic carbocycles. The highest BCUT2D eigenvalue weighted by molar-refractivity contribution is 6.01. The number of hydrogen-bond acceptors (Lipinski definition) is 4. The molecule has 0 aliphatic carbocycles. The Kier molecular flexibility index (Phi) is 3.88. The molecule has 1 fully saturated rings. The highest BCUT2D eigenvalue weighted by atomic mass is 16.5. The number of nitrogens with zero attached hydrogens (tertiary/aromatic N) is 1. The van der Waals surface area contributed by atoms with Gasteiger partial charge in [0.2, 0.25) is 5.91 Å². The minimum Gasteiger partial charge on any atom is -0.496 e. The van der Waals surface area contributed by atoms with Crippen molar-refractivity contribution in [2.75, 3.05) is 20.2 Å². The molecule has 0 aromatic heterocycles. The fraction of sp³-hybridized carbons (Fsp3) is 0.308. The molecule has 0 saturated carbocycles. The number of carbonyl (C=O) groups excluding carboxylic acids is 2. The van der Waals surface area contributed by atoms with Crippen molar-refractivity contribution in [1.82, 2.24) is 10.2 Å². The molecule has 1 saturated heterocycles. The molecule has 1 heterocycles. The van der Waals surface area contributed by atoms with Gasteiger partial charge in [0.1, 0.15) is 18.3 Å². The molecule has 1 aromatic rings. The Bertz CT molecular complexity index is 557. The van der Waals surface area contributed by atoms with E-state index in [9.17, 15) is 14.4 Å². The van der Waals surface area contributed by atoms with Crippen molar-refractivity contribution in [1.29, 1.82) is 0 Å². The van der Waals surface area contributed by atoms with Gasteiger partial charge in [-0.3, -0.25) is 9.59 Å². The van der Waals surface area contributed by atoms with Crippen molar-refractivity contribution in [3.05, 3.63) is 29.8 Å². The molecule has 0 spiro atoms. The van der Waals surface area contributed by atoms with Gasteiger partial charge in [-0.2, -0.15) is 0 Å². The number of nitrogens with one attached hydrogen (secondary N) is 1. The summed E-state index contributed by atoms with van der Waals surface area (Å²) < 4.78 is 5.08. The van der Waals surface area contributed by atoms with Crippen LogP contribution in [-0.2, 0) is 9.59 Å². The number of piperazine rings is 1. The first-order valence-electron chi connectivity index (χ1n) is 5.98. The summed E-state index contributed by atoms with van der Waals surface area (Å²) in [6.45, 7) is -0.386. The molecule has 2 amide bonds. The van der Waals surface area contributed by atoms with Gasteiger partial charge in [0.25, 0.3) is 5.91 Å². The minimum atomic E-state index is -1.16. The maximum atomic E-state index is 12.4. The number of carboxylic acids is 1. The standard InChI is InChI=1S/C13H14N2O5/c1-20-10-5-3-2-4-8(10)12(17)15-7-11(16)14-6-9(15)13(18)19/h2-5,9H,6-7H2,1H3,(H,14,16)(H,18,19). The Hall–Kier alpha value is -2.57. The van der Waals surface area contributed by atoms with E-state index >= 15 is 0 Å². The molecule has 106 valence electrons. The summed E-state index contributed by atoms with van der Waals surface area (Å²) in [5.41, 5.74) is 0.232. The third-order valence-electron chi connectivity index (χ3n) is 3.07. The largest absolute Gasteiger partial charge is 0.496 e. The van der Waals surface area contributed by atoms with Crippen molar-refractivity contribution in [3.63, 3.8) is 0 Å². The predicted molar refractivity (Wildman–Crippen MR) is 68.5 cm³/mol. The molecule has 20 heavy (non-hydrogen) atoms. The summed E-state index contributed by atoms with van der Waals surface area (Å²) in [7, 11) is 1.42. The number of hydrogen-bond donors (Lipinski definition) is 2. The van der Waals surface area contributed by atoms with Crippen molar-refractivity contribution in [2.45, 2.75) is 6.04 Å². The first kappa shape index (κ1) is 13.9. The molecular formula is C13H14N2O5. The van der Waals surface area contributed by atoms with E-state index < -0.39 is 17.9 Å². The molecule has 1 atom stereocenters. The number of methoxy groups -OCH3 is 1. The number of carbonyl (C=O) groups is 3. The van der Waals surface area contributed by atoms with E-state index in [0.29, 0.717) is 5.75 Å². The van der Waals surface area contributed by atoms with Gasteiger partial charge in [0, 0.05) is 6.54 Å². The van der Waals surface area contributed by atoms with Gasteiger partial charge in [0.15, 0.2) is 0 Å². The zero-order chi connectivity index (χ0) is 14.7. The second-order valence-electron chi connectivity index (χ2n) is 4.29. The molecule has 1 unspecified atom stereocenters. The Morgan fingerprint density at radius 1 is 1.40 bits per heavy atom. The van der Waals surface area contributed by atoms with Crippen molar-refractivity contribution in [2.24, 2.45) is 0 Å². The molecular weight excluding hydrogens is 264 g/mol. The third-order valence-corrected chi connectivity index (χ3v) is 3.07. The Balaban J connectivity index is 2.33. The van der Waals surface area contributed by atoms with Gasteiger partial charge in [-0.1, -0.05) is 12.1 Å². The lowest BCUT2D eigenvalue weighted by atomic mass is 10.1. The van der Waals surface area contributed by atoms with Crippen molar-refractivity contribution < 1.29 is 24.2 Å². The Morgan fingerprint density at radius 2 is 2.10 bits per heavy atom. The number of benzene rings is 1. The van der Waals surface area contributed by atoms with Gasteiger partial charge in [-0.15, -0.1) is 0 Å². The lowest BCUT2D eigenvalue weighted by Gasteiger charge is -2.32. The summed E-state index contributed by atoms with van der Waals surface area (Å²) in [6, 6.07) is 5.41. The average Bonchev–Trinajstić information content (AvgIpc) is 2.46. The number of rotatable bonds is 3. The zero-order valence-electron chi connectivity index (χ0n) is 10.8. The number of carboxylic acid groups (broad SMARTS) is 1. The molecule has 0 bridgehead atoms. The van der Waals surface area contributed by atoms with Crippen LogP contribution in [0.25, 0.3) is 0 Å². The van der Waals surface area contributed by atoms with Crippen LogP contribution >= 0.6 is 0 Å². The van der Waals surface area contributed by atoms with E-state index in [1.54, 1.807) is 18.2 Å². The van der Waals surface area contributed by atoms with Crippen LogP contribution in [0.2, 0.25) is 0 Å². The first-order valence-corrected chi connectivity index (χ1v) is 5.98. The first-order chi connectivity index (χ1) is 9.54. The predicted octanol–water partition coefficient (Wildman–Crippen LogP) is -0.280. The topological polar surface area (TPSA) is 95.9 Å². The lowest BCUT2D eigenvalue weighted by molar-refractivity contribution is -0.144. The number of para-hydroxylation sites is 1. The highest BCUT2D eigenvalue weighted by Gasteiger charge is 2.36. The van der Waals surface area contributed by atoms with Crippen LogP contribution in [0.5, 0.6) is 5.75 Å². The maximum Gasteiger partial charge on any atom is 0.328 e. The maximum absolute atomic E-state index is 12.4. The van der Waals surface area contributed by atoms with Crippen LogP contribution < -0.4 is 10.1 Å². The van der Waals surface area contributed by atoms with Crippen LogP contribution in [0.4, 0.5) is 0 Å². The molecule has 2 rings (SSSR count). The van der Waals surface area contributed by atoms with E-state index in [1.165, 1.54) is 13.2 Å². The molecule has 1 aliphatic rings. The minimum absolute atomic E-state index is 0.102. The van der Waals surface area contributed by atoms with Gasteiger partial charge >= 0.3 is 5.97 Å². The van der Waals surface area contributed by atoms with E-state index in [1.807, 2.05) is 0 Å². The lowest BCUT2D eigenvalue weighted by Crippen LogP contribution is -2.59. The van der Waals surface area contributed by atoms with E-state index in [4.69, 9.17) is 9.84 Å². The number of aliphatic carboxylic acids is 1. The van der Waals surface area contributed by atoms with E-state index in [0.717, 1.165) is 4.90 Å². The summed E-state index contributed by atoms with van der Waals surface area (Å²) in [5.74, 6) is -1.74. The van der Waals surface area contributed by atoms with Gasteiger partial charge < -0.3 is 20.1 Å². The number of ether oxygens (including phenoxy) is 1. The normalized spacial score (nSPS) is 18.4. The zero-order valence-corrected chi connectivity index (χ0v) is 10.8. The van der Waals surface area contributed by atoms with E-state index in [-0.39, 0.29) is 24.6 Å². The van der Waals surface area contributed by atoms with Crippen molar-refractivity contribution >= 4 is 17.8 Å². The molecule has 2 N–H and O–H groups in total. The fourth-order valence-electron chi connectivity index (χ4n) is 2.05. The van der Waals surface area contributed by atoms with Crippen LogP contribution in [0.15, 0.2) is 24.3 Å². The summed E-state index contributed by atoms with van der Waals surface area (Å²) >= 11 is 0. The second kappa shape index (κ2) is 5.60. The second-order valence-corrected chi connectivity index (χ2v) is 4.29. The Morgan fingerprint density at radius 3 is 2.75 bits per heavy atom.